The molecule has 0 bridgehead atoms. The first-order valence-electron chi connectivity index (χ1n) is 12.3. The van der Waals surface area contributed by atoms with Crippen LogP contribution in [0.4, 0.5) is 11.4 Å². The highest BCUT2D eigenvalue weighted by molar-refractivity contribution is 6.07. The molecule has 5 rings (SSSR count). The Morgan fingerprint density at radius 2 is 1.61 bits per heavy atom. The fourth-order valence-corrected chi connectivity index (χ4v) is 4.38. The Morgan fingerprint density at radius 3 is 2.36 bits per heavy atom. The van der Waals surface area contributed by atoms with Gasteiger partial charge in [0.05, 0.1) is 6.61 Å². The predicted molar refractivity (Wildman–Crippen MR) is 148 cm³/mol. The lowest BCUT2D eigenvalue weighted by atomic mass is 10.00. The van der Waals surface area contributed by atoms with Crippen molar-refractivity contribution in [3.63, 3.8) is 0 Å². The molecule has 0 aliphatic carbocycles. The number of fused-ring (bicyclic) bond motifs is 1. The Morgan fingerprint density at radius 1 is 0.889 bits per heavy atom. The number of carbonyl (C=O) groups excluding carboxylic acids is 1. The third kappa shape index (κ3) is 5.49. The first kappa shape index (κ1) is 23.4. The van der Waals surface area contributed by atoms with Crippen molar-refractivity contribution in [1.82, 2.24) is 0 Å². The van der Waals surface area contributed by atoms with Crippen LogP contribution in [-0.2, 0) is 11.3 Å². The van der Waals surface area contributed by atoms with E-state index in [0.29, 0.717) is 18.6 Å². The number of amides is 1. The number of hydrogen-bond acceptors (Lipinski definition) is 3. The van der Waals surface area contributed by atoms with Gasteiger partial charge in [-0.2, -0.15) is 0 Å². The summed E-state index contributed by atoms with van der Waals surface area (Å²) in [4.78, 5) is 15.3. The second-order valence-corrected chi connectivity index (χ2v) is 9.23. The molecule has 1 heterocycles. The fourth-order valence-electron chi connectivity index (χ4n) is 4.38. The summed E-state index contributed by atoms with van der Waals surface area (Å²) in [6.07, 6.45) is 2.51. The largest absolute Gasteiger partial charge is 0.493 e. The molecule has 1 amide bonds. The van der Waals surface area contributed by atoms with E-state index in [4.69, 9.17) is 4.74 Å². The molecule has 36 heavy (non-hydrogen) atoms. The van der Waals surface area contributed by atoms with Gasteiger partial charge in [0, 0.05) is 42.5 Å². The number of nitrogens with one attached hydrogen (secondary N) is 1. The molecular weight excluding hydrogens is 444 g/mol. The third-order valence-corrected chi connectivity index (χ3v) is 6.47. The van der Waals surface area contributed by atoms with Crippen LogP contribution >= 0.6 is 0 Å². The molecule has 0 aromatic heterocycles. The molecule has 1 aliphatic heterocycles. The van der Waals surface area contributed by atoms with Gasteiger partial charge >= 0.3 is 0 Å². The molecule has 4 aromatic rings. The maximum absolute atomic E-state index is 13.1. The van der Waals surface area contributed by atoms with Crippen LogP contribution in [0.1, 0.15) is 23.1 Å². The number of benzene rings is 4. The SMILES string of the molecule is Cc1ccc(-c2ccc3c(c2)C=C(C(=O)Nc2ccc(CN(C)c4ccccc4)cc2)CCO3)cc1. The molecule has 0 spiro atoms. The van der Waals surface area contributed by atoms with Crippen LogP contribution in [0, 0.1) is 6.92 Å². The van der Waals surface area contributed by atoms with E-state index in [1.54, 1.807) is 0 Å². The molecule has 0 saturated carbocycles. The standard InChI is InChI=1S/C32H30N2O2/c1-23-8-12-25(13-9-23)26-14-17-31-28(20-26)21-27(18-19-36-31)32(35)33-29-15-10-24(11-16-29)22-34(2)30-6-4-3-5-7-30/h3-17,20-21H,18-19,22H2,1-2H3,(H,33,35). The Kier molecular flexibility index (Phi) is 6.85. The summed E-state index contributed by atoms with van der Waals surface area (Å²) in [7, 11) is 2.08. The van der Waals surface area contributed by atoms with Crippen molar-refractivity contribution in [3.05, 3.63) is 119 Å². The van der Waals surface area contributed by atoms with E-state index in [2.05, 4.69) is 84.9 Å². The topological polar surface area (TPSA) is 41.6 Å². The Bertz CT molecular complexity index is 1370. The monoisotopic (exact) mass is 474 g/mol. The van der Waals surface area contributed by atoms with Gasteiger partial charge < -0.3 is 15.0 Å². The molecule has 4 aromatic carbocycles. The van der Waals surface area contributed by atoms with Gasteiger partial charge in [-0.3, -0.25) is 4.79 Å². The number of ether oxygens (including phenoxy) is 1. The number of carbonyl (C=O) groups is 1. The summed E-state index contributed by atoms with van der Waals surface area (Å²) in [6, 6.07) is 32.9. The van der Waals surface area contributed by atoms with Crippen molar-refractivity contribution in [2.75, 3.05) is 23.9 Å². The van der Waals surface area contributed by atoms with E-state index in [1.165, 1.54) is 16.8 Å². The number of para-hydroxylation sites is 1. The molecule has 4 nitrogen and oxygen atoms in total. The Hall–Kier alpha value is -4.31. The van der Waals surface area contributed by atoms with Gasteiger partial charge in [0.25, 0.3) is 5.91 Å². The maximum atomic E-state index is 13.1. The van der Waals surface area contributed by atoms with Crippen LogP contribution in [0.15, 0.2) is 103 Å². The number of hydrogen-bond donors (Lipinski definition) is 1. The van der Waals surface area contributed by atoms with Gasteiger partial charge in [-0.1, -0.05) is 66.2 Å². The molecule has 4 heteroatoms. The second kappa shape index (κ2) is 10.5. The highest BCUT2D eigenvalue weighted by atomic mass is 16.5. The molecular formula is C32H30N2O2. The first-order valence-corrected chi connectivity index (χ1v) is 12.3. The molecule has 0 radical (unpaired) electrons. The van der Waals surface area contributed by atoms with E-state index in [9.17, 15) is 4.79 Å². The highest BCUT2D eigenvalue weighted by Gasteiger charge is 2.16. The summed E-state index contributed by atoms with van der Waals surface area (Å²) in [5.41, 5.74) is 8.24. The lowest BCUT2D eigenvalue weighted by Crippen LogP contribution is -2.17. The first-order chi connectivity index (χ1) is 17.5. The fraction of sp³-hybridized carbons (Fsp3) is 0.156. The summed E-state index contributed by atoms with van der Waals surface area (Å²) < 4.78 is 5.94. The zero-order valence-corrected chi connectivity index (χ0v) is 20.7. The van der Waals surface area contributed by atoms with Crippen molar-refractivity contribution in [3.8, 4) is 16.9 Å². The van der Waals surface area contributed by atoms with Crippen molar-refractivity contribution in [2.24, 2.45) is 0 Å². The molecule has 180 valence electrons. The van der Waals surface area contributed by atoms with Gasteiger partial charge in [0.2, 0.25) is 0 Å². The van der Waals surface area contributed by atoms with E-state index >= 15 is 0 Å². The van der Waals surface area contributed by atoms with Gasteiger partial charge in [-0.25, -0.2) is 0 Å². The lowest BCUT2D eigenvalue weighted by molar-refractivity contribution is -0.113. The lowest BCUT2D eigenvalue weighted by Gasteiger charge is -2.19. The summed E-state index contributed by atoms with van der Waals surface area (Å²) in [5.74, 6) is 0.710. The van der Waals surface area contributed by atoms with Crippen LogP contribution in [-0.4, -0.2) is 19.6 Å². The van der Waals surface area contributed by atoms with Crippen LogP contribution in [0.2, 0.25) is 0 Å². The average molecular weight is 475 g/mol. The van der Waals surface area contributed by atoms with Gasteiger partial charge in [-0.15, -0.1) is 0 Å². The molecule has 1 N–H and O–H groups in total. The average Bonchev–Trinajstić information content (AvgIpc) is 3.13. The number of anilines is 2. The van der Waals surface area contributed by atoms with Crippen LogP contribution in [0.5, 0.6) is 5.75 Å². The predicted octanol–water partition coefficient (Wildman–Crippen LogP) is 7.10. The summed E-state index contributed by atoms with van der Waals surface area (Å²) in [5, 5.41) is 3.06. The van der Waals surface area contributed by atoms with Gasteiger partial charge in [0.15, 0.2) is 0 Å². The Balaban J connectivity index is 1.29. The van der Waals surface area contributed by atoms with E-state index in [-0.39, 0.29) is 5.91 Å². The van der Waals surface area contributed by atoms with Crippen LogP contribution < -0.4 is 15.0 Å². The summed E-state index contributed by atoms with van der Waals surface area (Å²) >= 11 is 0. The van der Waals surface area contributed by atoms with Crippen molar-refractivity contribution >= 4 is 23.4 Å². The molecule has 0 fully saturated rings. The maximum Gasteiger partial charge on any atom is 0.251 e. The van der Waals surface area contributed by atoms with Gasteiger partial charge in [0.1, 0.15) is 5.75 Å². The highest BCUT2D eigenvalue weighted by Crippen LogP contribution is 2.31. The number of nitrogens with zero attached hydrogens (tertiary/aromatic N) is 1. The number of aryl methyl sites for hydroxylation is 1. The smallest absolute Gasteiger partial charge is 0.251 e. The van der Waals surface area contributed by atoms with E-state index < -0.39 is 0 Å². The summed E-state index contributed by atoms with van der Waals surface area (Å²) in [6.45, 7) is 3.35. The zero-order chi connectivity index (χ0) is 24.9. The molecule has 0 atom stereocenters. The third-order valence-electron chi connectivity index (χ3n) is 6.47. The van der Waals surface area contributed by atoms with Crippen molar-refractivity contribution in [1.29, 1.82) is 0 Å². The minimum absolute atomic E-state index is 0.0960. The number of rotatable bonds is 6. The van der Waals surface area contributed by atoms with Gasteiger partial charge in [-0.05, 0) is 66.1 Å². The normalized spacial score (nSPS) is 12.6. The molecule has 0 saturated heterocycles. The minimum atomic E-state index is -0.0960. The van der Waals surface area contributed by atoms with Crippen LogP contribution in [0.25, 0.3) is 17.2 Å². The van der Waals surface area contributed by atoms with Crippen molar-refractivity contribution in [2.45, 2.75) is 19.9 Å². The minimum Gasteiger partial charge on any atom is -0.493 e. The Labute approximate surface area is 212 Å². The molecule has 1 aliphatic rings. The second-order valence-electron chi connectivity index (χ2n) is 9.23. The quantitative estimate of drug-likeness (QED) is 0.324. The van der Waals surface area contributed by atoms with E-state index in [0.717, 1.165) is 34.7 Å². The van der Waals surface area contributed by atoms with E-state index in [1.807, 2.05) is 42.5 Å². The van der Waals surface area contributed by atoms with Crippen molar-refractivity contribution < 1.29 is 9.53 Å². The van der Waals surface area contributed by atoms with Crippen LogP contribution in [0.3, 0.4) is 0 Å². The zero-order valence-electron chi connectivity index (χ0n) is 20.7. The molecule has 0 unspecified atom stereocenters.